The van der Waals surface area contributed by atoms with Gasteiger partial charge in [0.2, 0.25) is 10.0 Å². The van der Waals surface area contributed by atoms with E-state index in [9.17, 15) is 8.42 Å². The number of thioether (sulfide) groups is 1. The first-order chi connectivity index (χ1) is 8.49. The summed E-state index contributed by atoms with van der Waals surface area (Å²) in [5.74, 6) is 0. The van der Waals surface area contributed by atoms with Gasteiger partial charge in [-0.15, -0.1) is 0 Å². The molecule has 1 aromatic rings. The summed E-state index contributed by atoms with van der Waals surface area (Å²) in [5.41, 5.74) is 0. The normalized spacial score (nSPS) is 18.3. The zero-order valence-corrected chi connectivity index (χ0v) is 12.4. The Balaban J connectivity index is 2.11. The van der Waals surface area contributed by atoms with Crippen molar-refractivity contribution in [3.63, 3.8) is 0 Å². The van der Waals surface area contributed by atoms with E-state index >= 15 is 0 Å². The van der Waals surface area contributed by atoms with E-state index in [1.54, 1.807) is 17.8 Å². The third-order valence-corrected chi connectivity index (χ3v) is 6.56. The van der Waals surface area contributed by atoms with Crippen molar-refractivity contribution in [3.8, 4) is 0 Å². The monoisotopic (exact) mass is 306 g/mol. The Morgan fingerprint density at radius 3 is 2.78 bits per heavy atom. The number of hydrogen-bond donors (Lipinski definition) is 1. The Bertz CT molecular complexity index is 524. The molecule has 0 atom stereocenters. The van der Waals surface area contributed by atoms with Gasteiger partial charge in [0.25, 0.3) is 0 Å². The highest BCUT2D eigenvalue weighted by atomic mass is 35.5. The molecule has 0 unspecified atom stereocenters. The summed E-state index contributed by atoms with van der Waals surface area (Å²) < 4.78 is 26.9. The predicted molar refractivity (Wildman–Crippen MR) is 74.5 cm³/mol. The number of sulfonamides is 1. The molecule has 100 valence electrons. The van der Waals surface area contributed by atoms with Crippen LogP contribution in [-0.2, 0) is 10.0 Å². The number of nitrogens with zero attached hydrogens (tertiary/aromatic N) is 1. The second-order valence-corrected chi connectivity index (χ2v) is 7.73. The summed E-state index contributed by atoms with van der Waals surface area (Å²) in [7, 11) is -3.57. The fourth-order valence-electron chi connectivity index (χ4n) is 1.90. The summed E-state index contributed by atoms with van der Waals surface area (Å²) in [6, 6.07) is 3.03. The van der Waals surface area contributed by atoms with E-state index in [0.29, 0.717) is 6.54 Å². The number of hydrogen-bond acceptors (Lipinski definition) is 4. The lowest BCUT2D eigenvalue weighted by Gasteiger charge is -2.40. The van der Waals surface area contributed by atoms with Crippen LogP contribution in [0, 0.1) is 0 Å². The molecule has 0 spiro atoms. The standard InChI is InChI=1S/C11H15ClN2O2S2/c1-17-11(5-3-6-11)8-14-18(15,16)9-4-2-7-13-10(9)12/h2,4,7,14H,3,5-6,8H2,1H3. The quantitative estimate of drug-likeness (QED) is 0.848. The van der Waals surface area contributed by atoms with Crippen molar-refractivity contribution >= 4 is 33.4 Å². The molecular weight excluding hydrogens is 292 g/mol. The molecule has 1 aromatic heterocycles. The highest BCUT2D eigenvalue weighted by Gasteiger charge is 2.37. The Morgan fingerprint density at radius 1 is 1.56 bits per heavy atom. The predicted octanol–water partition coefficient (Wildman–Crippen LogP) is 2.30. The third kappa shape index (κ3) is 2.82. The lowest BCUT2D eigenvalue weighted by molar-refractivity contribution is 0.362. The third-order valence-electron chi connectivity index (χ3n) is 3.30. The molecule has 0 aromatic carbocycles. The highest BCUT2D eigenvalue weighted by Crippen LogP contribution is 2.42. The maximum Gasteiger partial charge on any atom is 0.243 e. The van der Waals surface area contributed by atoms with Gasteiger partial charge in [-0.25, -0.2) is 18.1 Å². The maximum atomic E-state index is 12.1. The van der Waals surface area contributed by atoms with Crippen molar-refractivity contribution in [3.05, 3.63) is 23.5 Å². The Hall–Kier alpha value is -0.300. The van der Waals surface area contributed by atoms with E-state index in [1.807, 2.05) is 6.26 Å². The van der Waals surface area contributed by atoms with E-state index in [0.717, 1.165) is 19.3 Å². The van der Waals surface area contributed by atoms with Gasteiger partial charge in [0.1, 0.15) is 10.0 Å². The first-order valence-electron chi connectivity index (χ1n) is 5.64. The van der Waals surface area contributed by atoms with Gasteiger partial charge in [0.15, 0.2) is 0 Å². The van der Waals surface area contributed by atoms with Crippen LogP contribution < -0.4 is 4.72 Å². The minimum Gasteiger partial charge on any atom is -0.243 e. The molecule has 7 heteroatoms. The molecule has 1 saturated carbocycles. The van der Waals surface area contributed by atoms with Crippen LogP contribution in [0.5, 0.6) is 0 Å². The molecule has 1 heterocycles. The maximum absolute atomic E-state index is 12.1. The van der Waals surface area contributed by atoms with Gasteiger partial charge in [-0.05, 0) is 31.2 Å². The molecule has 0 aliphatic heterocycles. The molecule has 1 N–H and O–H groups in total. The van der Waals surface area contributed by atoms with Crippen LogP contribution in [-0.4, -0.2) is 30.9 Å². The molecule has 1 aliphatic carbocycles. The molecule has 0 radical (unpaired) electrons. The second kappa shape index (κ2) is 5.36. The smallest absolute Gasteiger partial charge is 0.243 e. The Morgan fingerprint density at radius 2 is 2.28 bits per heavy atom. The van der Waals surface area contributed by atoms with Gasteiger partial charge in [0.05, 0.1) is 0 Å². The minimum atomic E-state index is -3.57. The van der Waals surface area contributed by atoms with Gasteiger partial charge in [-0.1, -0.05) is 18.0 Å². The molecule has 4 nitrogen and oxygen atoms in total. The van der Waals surface area contributed by atoms with Crippen molar-refractivity contribution in [2.45, 2.75) is 28.9 Å². The fourth-order valence-corrected chi connectivity index (χ4v) is 4.48. The zero-order chi connectivity index (χ0) is 13.2. The van der Waals surface area contributed by atoms with Crippen LogP contribution in [0.2, 0.25) is 5.15 Å². The highest BCUT2D eigenvalue weighted by molar-refractivity contribution is 8.00. The first kappa shape index (κ1) is 14.1. The summed E-state index contributed by atoms with van der Waals surface area (Å²) in [6.45, 7) is 0.446. The molecule has 18 heavy (non-hydrogen) atoms. The zero-order valence-electron chi connectivity index (χ0n) is 10.0. The lowest BCUT2D eigenvalue weighted by Crippen LogP contribution is -2.45. The second-order valence-electron chi connectivity index (χ2n) is 4.36. The average Bonchev–Trinajstić information content (AvgIpc) is 2.28. The molecule has 2 rings (SSSR count). The van der Waals surface area contributed by atoms with Crippen LogP contribution >= 0.6 is 23.4 Å². The summed E-state index contributed by atoms with van der Waals surface area (Å²) in [4.78, 5) is 3.83. The average molecular weight is 307 g/mol. The molecule has 1 aliphatic rings. The van der Waals surface area contributed by atoms with E-state index in [4.69, 9.17) is 11.6 Å². The van der Waals surface area contributed by atoms with Crippen molar-refractivity contribution in [1.82, 2.24) is 9.71 Å². The topological polar surface area (TPSA) is 59.1 Å². The largest absolute Gasteiger partial charge is 0.243 e. The van der Waals surface area contributed by atoms with E-state index in [-0.39, 0.29) is 14.8 Å². The fraction of sp³-hybridized carbons (Fsp3) is 0.545. The van der Waals surface area contributed by atoms with Gasteiger partial charge in [0, 0.05) is 17.5 Å². The van der Waals surface area contributed by atoms with Crippen LogP contribution in [0.3, 0.4) is 0 Å². The first-order valence-corrected chi connectivity index (χ1v) is 8.73. The van der Waals surface area contributed by atoms with Gasteiger partial charge >= 0.3 is 0 Å². The van der Waals surface area contributed by atoms with Crippen LogP contribution in [0.25, 0.3) is 0 Å². The van der Waals surface area contributed by atoms with Crippen molar-refractivity contribution in [2.75, 3.05) is 12.8 Å². The van der Waals surface area contributed by atoms with Crippen molar-refractivity contribution in [1.29, 1.82) is 0 Å². The van der Waals surface area contributed by atoms with E-state index < -0.39 is 10.0 Å². The molecule has 0 bridgehead atoms. The molecule has 1 fully saturated rings. The molecule has 0 saturated heterocycles. The van der Waals surface area contributed by atoms with Gasteiger partial charge < -0.3 is 0 Å². The number of nitrogens with one attached hydrogen (secondary N) is 1. The number of halogens is 1. The Kier molecular flexibility index (Phi) is 4.21. The number of pyridine rings is 1. The summed E-state index contributed by atoms with van der Waals surface area (Å²) in [6.07, 6.45) is 6.76. The lowest BCUT2D eigenvalue weighted by atomic mass is 9.84. The molecular formula is C11H15ClN2O2S2. The van der Waals surface area contributed by atoms with E-state index in [1.165, 1.54) is 12.3 Å². The number of aromatic nitrogens is 1. The van der Waals surface area contributed by atoms with Crippen LogP contribution in [0.4, 0.5) is 0 Å². The van der Waals surface area contributed by atoms with Crippen LogP contribution in [0.1, 0.15) is 19.3 Å². The van der Waals surface area contributed by atoms with Crippen molar-refractivity contribution < 1.29 is 8.42 Å². The summed E-state index contributed by atoms with van der Waals surface area (Å²) >= 11 is 7.53. The SMILES string of the molecule is CSC1(CNS(=O)(=O)c2cccnc2Cl)CCC1. The van der Waals surface area contributed by atoms with Crippen LogP contribution in [0.15, 0.2) is 23.2 Å². The van der Waals surface area contributed by atoms with Gasteiger partial charge in [-0.2, -0.15) is 11.8 Å². The molecule has 0 amide bonds. The van der Waals surface area contributed by atoms with Crippen molar-refractivity contribution in [2.24, 2.45) is 0 Å². The minimum absolute atomic E-state index is 0.0109. The number of rotatable bonds is 5. The summed E-state index contributed by atoms with van der Waals surface area (Å²) in [5, 5.41) is 0.0109. The Labute approximate surface area is 117 Å². The van der Waals surface area contributed by atoms with Gasteiger partial charge in [-0.3, -0.25) is 0 Å². The van der Waals surface area contributed by atoms with E-state index in [2.05, 4.69) is 9.71 Å².